The van der Waals surface area contributed by atoms with Gasteiger partial charge in [0.2, 0.25) is 5.82 Å². The zero-order chi connectivity index (χ0) is 20.1. The number of rotatable bonds is 5. The molecule has 1 aromatic carbocycles. The average Bonchev–Trinajstić information content (AvgIpc) is 2.72. The normalized spacial score (nSPS) is 27.8. The van der Waals surface area contributed by atoms with Gasteiger partial charge in [0.15, 0.2) is 11.6 Å². The molecule has 6 heteroatoms. The number of nitrogens with zero attached hydrogens (tertiary/aromatic N) is 1. The fourth-order valence-electron chi connectivity index (χ4n) is 4.68. The van der Waals surface area contributed by atoms with Gasteiger partial charge in [0.25, 0.3) is 0 Å². The maximum atomic E-state index is 14.0. The van der Waals surface area contributed by atoms with E-state index in [2.05, 4.69) is 0 Å². The first-order chi connectivity index (χ1) is 13.5. The summed E-state index contributed by atoms with van der Waals surface area (Å²) in [5, 5.41) is 8.72. The average molecular weight is 391 g/mol. The van der Waals surface area contributed by atoms with Crippen molar-refractivity contribution in [3.63, 3.8) is 0 Å². The van der Waals surface area contributed by atoms with Crippen LogP contribution in [0, 0.1) is 40.7 Å². The number of benzene rings is 1. The Morgan fingerprint density at radius 2 is 1.64 bits per heavy atom. The summed E-state index contributed by atoms with van der Waals surface area (Å²) in [6, 6.07) is 3.82. The van der Waals surface area contributed by atoms with Crippen molar-refractivity contribution in [3.8, 4) is 11.8 Å². The van der Waals surface area contributed by atoms with Gasteiger partial charge in [0.05, 0.1) is 17.6 Å². The smallest absolute Gasteiger partial charge is 0.314 e. The summed E-state index contributed by atoms with van der Waals surface area (Å²) in [4.78, 5) is 12.4. The first-order valence-electron chi connectivity index (χ1n) is 10.2. The molecule has 0 unspecified atom stereocenters. The second kappa shape index (κ2) is 9.47. The summed E-state index contributed by atoms with van der Waals surface area (Å²) in [6.07, 6.45) is 8.36. The van der Waals surface area contributed by atoms with Crippen LogP contribution in [0.1, 0.15) is 63.9 Å². The fraction of sp³-hybridized carbons (Fsp3) is 0.636. The molecule has 152 valence electrons. The third kappa shape index (κ3) is 4.70. The molecular weight excluding hydrogens is 364 g/mol. The molecule has 0 heterocycles. The minimum atomic E-state index is -1.29. The van der Waals surface area contributed by atoms with E-state index in [9.17, 15) is 13.6 Å². The Morgan fingerprint density at radius 3 is 2.21 bits per heavy atom. The molecule has 3 rings (SSSR count). The Balaban J connectivity index is 1.49. The standard InChI is InChI=1S/C22H27F2NO3/c1-2-27-18-10-7-15(8-11-18)14-3-5-16(6-4-14)22(26)28-19-12-9-17(13-25)20(23)21(19)24/h9,12,14-16,18H,2-8,10-11H2,1H3. The molecule has 1 aromatic rings. The topological polar surface area (TPSA) is 59.3 Å². The van der Waals surface area contributed by atoms with E-state index in [-0.39, 0.29) is 5.92 Å². The molecular formula is C22H27F2NO3. The summed E-state index contributed by atoms with van der Waals surface area (Å²) < 4.78 is 38.5. The minimum Gasteiger partial charge on any atom is -0.423 e. The quantitative estimate of drug-likeness (QED) is 0.515. The number of nitriles is 1. The highest BCUT2D eigenvalue weighted by Gasteiger charge is 2.34. The lowest BCUT2D eigenvalue weighted by molar-refractivity contribution is -0.140. The molecule has 0 amide bonds. The Morgan fingerprint density at radius 1 is 1.04 bits per heavy atom. The van der Waals surface area contributed by atoms with E-state index in [0.717, 1.165) is 57.3 Å². The molecule has 0 spiro atoms. The van der Waals surface area contributed by atoms with Crippen LogP contribution in [0.3, 0.4) is 0 Å². The van der Waals surface area contributed by atoms with Gasteiger partial charge in [0, 0.05) is 6.61 Å². The second-order valence-electron chi connectivity index (χ2n) is 7.88. The summed E-state index contributed by atoms with van der Waals surface area (Å²) in [7, 11) is 0. The Bertz CT molecular complexity index is 730. The van der Waals surface area contributed by atoms with Crippen molar-refractivity contribution in [2.75, 3.05) is 6.61 Å². The lowest BCUT2D eigenvalue weighted by atomic mass is 9.70. The van der Waals surface area contributed by atoms with E-state index in [4.69, 9.17) is 14.7 Å². The van der Waals surface area contributed by atoms with Crippen LogP contribution in [0.25, 0.3) is 0 Å². The second-order valence-corrected chi connectivity index (χ2v) is 7.88. The molecule has 2 aliphatic rings. The lowest BCUT2D eigenvalue weighted by Gasteiger charge is -2.37. The van der Waals surface area contributed by atoms with E-state index in [0.29, 0.717) is 17.9 Å². The number of ether oxygens (including phenoxy) is 2. The van der Waals surface area contributed by atoms with Gasteiger partial charge in [-0.2, -0.15) is 9.65 Å². The highest BCUT2D eigenvalue weighted by molar-refractivity contribution is 5.75. The van der Waals surface area contributed by atoms with Gasteiger partial charge in [-0.15, -0.1) is 0 Å². The molecule has 0 bridgehead atoms. The van der Waals surface area contributed by atoms with Gasteiger partial charge < -0.3 is 9.47 Å². The maximum Gasteiger partial charge on any atom is 0.314 e. The van der Waals surface area contributed by atoms with Gasteiger partial charge in [-0.05, 0) is 82.3 Å². The van der Waals surface area contributed by atoms with Gasteiger partial charge in [-0.3, -0.25) is 4.79 Å². The zero-order valence-corrected chi connectivity index (χ0v) is 16.3. The minimum absolute atomic E-state index is 0.283. The lowest BCUT2D eigenvalue weighted by Crippen LogP contribution is -2.31. The van der Waals surface area contributed by atoms with E-state index < -0.39 is 28.9 Å². The monoisotopic (exact) mass is 391 g/mol. The van der Waals surface area contributed by atoms with Gasteiger partial charge >= 0.3 is 5.97 Å². The number of hydrogen-bond acceptors (Lipinski definition) is 4. The van der Waals surface area contributed by atoms with E-state index in [1.54, 1.807) is 6.07 Å². The van der Waals surface area contributed by atoms with Gasteiger partial charge in [0.1, 0.15) is 6.07 Å². The first-order valence-corrected chi connectivity index (χ1v) is 10.2. The summed E-state index contributed by atoms with van der Waals surface area (Å²) >= 11 is 0. The molecule has 2 fully saturated rings. The predicted octanol–water partition coefficient (Wildman–Crippen LogP) is 5.14. The largest absolute Gasteiger partial charge is 0.423 e. The number of halogens is 2. The predicted molar refractivity (Wildman–Crippen MR) is 99.5 cm³/mol. The van der Waals surface area contributed by atoms with Crippen molar-refractivity contribution in [2.24, 2.45) is 17.8 Å². The van der Waals surface area contributed by atoms with Crippen molar-refractivity contribution in [1.29, 1.82) is 5.26 Å². The van der Waals surface area contributed by atoms with Crippen LogP contribution < -0.4 is 4.74 Å². The van der Waals surface area contributed by atoms with E-state index in [1.165, 1.54) is 12.8 Å². The number of carbonyl (C=O) groups excluding carboxylic acids is 1. The molecule has 0 atom stereocenters. The fourth-order valence-corrected chi connectivity index (χ4v) is 4.68. The van der Waals surface area contributed by atoms with Gasteiger partial charge in [-0.25, -0.2) is 4.39 Å². The maximum absolute atomic E-state index is 14.0. The molecule has 2 aliphatic carbocycles. The highest BCUT2D eigenvalue weighted by Crippen LogP contribution is 2.41. The van der Waals surface area contributed by atoms with Gasteiger partial charge in [-0.1, -0.05) is 0 Å². The highest BCUT2D eigenvalue weighted by atomic mass is 19.2. The summed E-state index contributed by atoms with van der Waals surface area (Å²) in [5.41, 5.74) is -0.406. The van der Waals surface area contributed by atoms with Crippen LogP contribution in [0.4, 0.5) is 8.78 Å². The zero-order valence-electron chi connectivity index (χ0n) is 16.3. The Kier molecular flexibility index (Phi) is 7.01. The van der Waals surface area contributed by atoms with Crippen LogP contribution in [0.15, 0.2) is 12.1 Å². The van der Waals surface area contributed by atoms with Crippen LogP contribution in [0.2, 0.25) is 0 Å². The summed E-state index contributed by atoms with van der Waals surface area (Å²) in [6.45, 7) is 2.80. The van der Waals surface area contributed by atoms with Crippen LogP contribution >= 0.6 is 0 Å². The van der Waals surface area contributed by atoms with Crippen molar-refractivity contribution < 1.29 is 23.0 Å². The third-order valence-corrected chi connectivity index (χ3v) is 6.27. The molecule has 4 nitrogen and oxygen atoms in total. The third-order valence-electron chi connectivity index (χ3n) is 6.27. The molecule has 0 N–H and O–H groups in total. The van der Waals surface area contributed by atoms with Crippen molar-refractivity contribution in [1.82, 2.24) is 0 Å². The van der Waals surface area contributed by atoms with Crippen LogP contribution in [-0.2, 0) is 9.53 Å². The number of carbonyl (C=O) groups is 1. The molecule has 0 saturated heterocycles. The van der Waals surface area contributed by atoms with Crippen LogP contribution in [-0.4, -0.2) is 18.7 Å². The first kappa shape index (κ1) is 20.7. The van der Waals surface area contributed by atoms with Crippen molar-refractivity contribution in [2.45, 2.75) is 64.4 Å². The number of esters is 1. The molecule has 2 saturated carbocycles. The Labute approximate surface area is 164 Å². The Hall–Kier alpha value is -2.00. The van der Waals surface area contributed by atoms with E-state index in [1.807, 2.05) is 6.92 Å². The SMILES string of the molecule is CCOC1CCC(C2CCC(C(=O)Oc3ccc(C#N)c(F)c3F)CC2)CC1. The van der Waals surface area contributed by atoms with Crippen LogP contribution in [0.5, 0.6) is 5.75 Å². The van der Waals surface area contributed by atoms with E-state index >= 15 is 0 Å². The molecule has 0 aliphatic heterocycles. The number of hydrogen-bond donors (Lipinski definition) is 0. The molecule has 0 radical (unpaired) electrons. The molecule has 28 heavy (non-hydrogen) atoms. The molecule has 0 aromatic heterocycles. The van der Waals surface area contributed by atoms with Crippen molar-refractivity contribution in [3.05, 3.63) is 29.3 Å². The van der Waals surface area contributed by atoms with Crippen molar-refractivity contribution >= 4 is 5.97 Å². The summed E-state index contributed by atoms with van der Waals surface area (Å²) in [5.74, 6) is -2.49.